The predicted octanol–water partition coefficient (Wildman–Crippen LogP) is 12.1. The number of aromatic nitrogens is 3. The largest absolute Gasteiger partial charge is 0.309 e. The summed E-state index contributed by atoms with van der Waals surface area (Å²) in [4.78, 5) is 5.35. The van der Waals surface area contributed by atoms with Crippen LogP contribution in [0.4, 0.5) is 0 Å². The van der Waals surface area contributed by atoms with E-state index < -0.39 is 0 Å². The Morgan fingerprint density at radius 3 is 2.10 bits per heavy atom. The Bertz CT molecular complexity index is 2660. The molecule has 0 saturated carbocycles. The lowest BCUT2D eigenvalue weighted by molar-refractivity contribution is 0.739. The van der Waals surface area contributed by atoms with Gasteiger partial charge in [-0.2, -0.15) is 0 Å². The number of rotatable bonds is 4. The number of fused-ring (bicyclic) bond motifs is 8. The number of para-hydroxylation sites is 2. The topological polar surface area (TPSA) is 22.8 Å². The van der Waals surface area contributed by atoms with Gasteiger partial charge in [-0.25, -0.2) is 4.98 Å². The first kappa shape index (κ1) is 27.4. The highest BCUT2D eigenvalue weighted by molar-refractivity contribution is 6.25. The summed E-state index contributed by atoms with van der Waals surface area (Å²) in [6, 6.07) is 42.7. The molecular weight excluding hydrogens is 583 g/mol. The molecule has 0 atom stereocenters. The highest BCUT2D eigenvalue weighted by atomic mass is 15.0. The quantitative estimate of drug-likeness (QED) is 0.193. The third-order valence-electron chi connectivity index (χ3n) is 10.5. The summed E-state index contributed by atoms with van der Waals surface area (Å²) < 4.78 is 4.94. The van der Waals surface area contributed by atoms with Gasteiger partial charge in [0.15, 0.2) is 0 Å². The van der Waals surface area contributed by atoms with Crippen LogP contribution in [0.1, 0.15) is 49.9 Å². The molecule has 3 heterocycles. The van der Waals surface area contributed by atoms with E-state index in [-0.39, 0.29) is 0 Å². The average Bonchev–Trinajstić information content (AvgIpc) is 3.67. The summed E-state index contributed by atoms with van der Waals surface area (Å²) >= 11 is 0. The summed E-state index contributed by atoms with van der Waals surface area (Å²) in [5.41, 5.74) is 12.1. The van der Waals surface area contributed by atoms with Crippen molar-refractivity contribution in [3.05, 3.63) is 151 Å². The van der Waals surface area contributed by atoms with Crippen molar-refractivity contribution < 1.29 is 0 Å². The number of hydrogen-bond donors (Lipinski definition) is 0. The van der Waals surface area contributed by atoms with Gasteiger partial charge < -0.3 is 9.13 Å². The van der Waals surface area contributed by atoms with E-state index >= 15 is 0 Å². The van der Waals surface area contributed by atoms with Crippen molar-refractivity contribution in [2.45, 2.75) is 38.5 Å². The molecule has 0 amide bonds. The maximum Gasteiger partial charge on any atom is 0.0690 e. The molecule has 3 heteroatoms. The standard InChI is InChI=1S/C45H35N3/c1-4-15-31(16-5-1)39-26-34(27-40(46-39)32-17-6-2-7-18-32)48-42-25-24-30-14-10-11-21-35(30)45(42)38-28-37-36-22-12-13-23-41(36)47(43(37)29-44(38)48)33-19-8-3-9-20-33/h1,3-4,8-15,17,19-29H,2,5-7,16,18H2. The number of allylic oxidation sites excluding steroid dienone is 6. The van der Waals surface area contributed by atoms with Gasteiger partial charge in [0.2, 0.25) is 0 Å². The van der Waals surface area contributed by atoms with Crippen LogP contribution in [0.2, 0.25) is 0 Å². The Balaban J connectivity index is 1.36. The smallest absolute Gasteiger partial charge is 0.0690 e. The van der Waals surface area contributed by atoms with Crippen LogP contribution in [0, 0.1) is 0 Å². The van der Waals surface area contributed by atoms with E-state index in [0.717, 1.165) is 37.1 Å². The van der Waals surface area contributed by atoms with E-state index in [1.54, 1.807) is 0 Å². The fraction of sp³-hybridized carbons (Fsp3) is 0.133. The van der Waals surface area contributed by atoms with Gasteiger partial charge in [-0.05, 0) is 109 Å². The Kier molecular flexibility index (Phi) is 6.26. The average molecular weight is 618 g/mol. The zero-order valence-electron chi connectivity index (χ0n) is 26.9. The third-order valence-corrected chi connectivity index (χ3v) is 10.5. The summed E-state index contributed by atoms with van der Waals surface area (Å²) in [7, 11) is 0. The Morgan fingerprint density at radius 2 is 1.27 bits per heavy atom. The van der Waals surface area contributed by atoms with Crippen LogP contribution in [-0.2, 0) is 0 Å². The van der Waals surface area contributed by atoms with Crippen LogP contribution in [0.25, 0.3) is 76.9 Å². The number of benzene rings is 5. The van der Waals surface area contributed by atoms with Crippen molar-refractivity contribution in [2.24, 2.45) is 0 Å². The maximum atomic E-state index is 5.35. The monoisotopic (exact) mass is 617 g/mol. The second-order valence-corrected chi connectivity index (χ2v) is 13.3. The van der Waals surface area contributed by atoms with E-state index in [1.807, 2.05) is 0 Å². The SMILES string of the molecule is C1=CCCC(c2cc(-n3c4cc5c(cc4c4c6ccccc6ccc43)c3ccccc3n5-c3ccccc3)cc(C3=CCCCC3)n2)=C1. The molecule has 2 aliphatic rings. The van der Waals surface area contributed by atoms with Crippen molar-refractivity contribution >= 4 is 65.5 Å². The van der Waals surface area contributed by atoms with E-state index in [9.17, 15) is 0 Å². The molecule has 10 rings (SSSR count). The molecule has 8 aromatic rings. The Hall–Kier alpha value is -5.67. The number of pyridine rings is 1. The summed E-state index contributed by atoms with van der Waals surface area (Å²) in [6.07, 6.45) is 15.9. The molecular formula is C45H35N3. The van der Waals surface area contributed by atoms with Gasteiger partial charge in [0, 0.05) is 27.2 Å². The van der Waals surface area contributed by atoms with Crippen LogP contribution in [0.3, 0.4) is 0 Å². The van der Waals surface area contributed by atoms with Gasteiger partial charge in [0.05, 0.1) is 39.1 Å². The van der Waals surface area contributed by atoms with Crippen molar-refractivity contribution in [3.8, 4) is 11.4 Å². The van der Waals surface area contributed by atoms with Gasteiger partial charge in [0.25, 0.3) is 0 Å². The molecule has 5 aromatic carbocycles. The minimum atomic E-state index is 1.01. The van der Waals surface area contributed by atoms with E-state index in [2.05, 4.69) is 149 Å². The van der Waals surface area contributed by atoms with E-state index in [0.29, 0.717) is 0 Å². The Morgan fingerprint density at radius 1 is 0.500 bits per heavy atom. The summed E-state index contributed by atoms with van der Waals surface area (Å²) in [5, 5.41) is 7.68. The van der Waals surface area contributed by atoms with Gasteiger partial charge in [-0.3, -0.25) is 0 Å². The van der Waals surface area contributed by atoms with Crippen LogP contribution >= 0.6 is 0 Å². The van der Waals surface area contributed by atoms with Gasteiger partial charge >= 0.3 is 0 Å². The molecule has 48 heavy (non-hydrogen) atoms. The minimum Gasteiger partial charge on any atom is -0.309 e. The predicted molar refractivity (Wildman–Crippen MR) is 203 cm³/mol. The molecule has 0 N–H and O–H groups in total. The molecule has 0 saturated heterocycles. The third kappa shape index (κ3) is 4.24. The lowest BCUT2D eigenvalue weighted by Crippen LogP contribution is -2.04. The lowest BCUT2D eigenvalue weighted by atomic mass is 9.95. The Labute approximate surface area is 279 Å². The second kappa shape index (κ2) is 11.0. The van der Waals surface area contributed by atoms with Crippen molar-refractivity contribution in [1.82, 2.24) is 14.1 Å². The second-order valence-electron chi connectivity index (χ2n) is 13.3. The lowest BCUT2D eigenvalue weighted by Gasteiger charge is -2.18. The molecule has 230 valence electrons. The number of hydrogen-bond acceptors (Lipinski definition) is 1. The van der Waals surface area contributed by atoms with Crippen LogP contribution in [0.5, 0.6) is 0 Å². The summed E-state index contributed by atoms with van der Waals surface area (Å²) in [6.45, 7) is 0. The van der Waals surface area contributed by atoms with Crippen LogP contribution < -0.4 is 0 Å². The first-order chi connectivity index (χ1) is 23.8. The highest BCUT2D eigenvalue weighted by Crippen LogP contribution is 2.42. The van der Waals surface area contributed by atoms with E-state index in [4.69, 9.17) is 4.98 Å². The van der Waals surface area contributed by atoms with Crippen molar-refractivity contribution in [3.63, 3.8) is 0 Å². The molecule has 0 spiro atoms. The molecule has 0 radical (unpaired) electrons. The molecule has 0 unspecified atom stereocenters. The van der Waals surface area contributed by atoms with Crippen molar-refractivity contribution in [2.75, 3.05) is 0 Å². The highest BCUT2D eigenvalue weighted by Gasteiger charge is 2.21. The zero-order valence-corrected chi connectivity index (χ0v) is 26.9. The fourth-order valence-electron chi connectivity index (χ4n) is 8.24. The first-order valence-corrected chi connectivity index (χ1v) is 17.3. The van der Waals surface area contributed by atoms with E-state index in [1.165, 1.54) is 89.7 Å². The molecule has 0 bridgehead atoms. The first-order valence-electron chi connectivity index (χ1n) is 17.3. The van der Waals surface area contributed by atoms with Gasteiger partial charge in [0.1, 0.15) is 0 Å². The van der Waals surface area contributed by atoms with Gasteiger partial charge in [-0.15, -0.1) is 0 Å². The molecule has 2 aliphatic carbocycles. The van der Waals surface area contributed by atoms with Crippen LogP contribution in [0.15, 0.2) is 140 Å². The van der Waals surface area contributed by atoms with Crippen molar-refractivity contribution in [1.29, 1.82) is 0 Å². The summed E-state index contributed by atoms with van der Waals surface area (Å²) in [5.74, 6) is 0. The molecule has 3 aromatic heterocycles. The number of nitrogens with zero attached hydrogens (tertiary/aromatic N) is 3. The molecule has 0 aliphatic heterocycles. The fourth-order valence-corrected chi connectivity index (χ4v) is 8.24. The molecule has 0 fully saturated rings. The zero-order chi connectivity index (χ0) is 31.6. The maximum absolute atomic E-state index is 5.35. The van der Waals surface area contributed by atoms with Crippen LogP contribution in [-0.4, -0.2) is 14.1 Å². The normalized spacial score (nSPS) is 15.2. The van der Waals surface area contributed by atoms with Gasteiger partial charge in [-0.1, -0.05) is 91.0 Å². The minimum absolute atomic E-state index is 1.01. The molecule has 3 nitrogen and oxygen atoms in total.